The number of aromatic hydroxyl groups is 1. The zero-order chi connectivity index (χ0) is 19.0. The van der Waals surface area contributed by atoms with Crippen molar-refractivity contribution in [2.45, 2.75) is 5.92 Å². The predicted molar refractivity (Wildman–Crippen MR) is 108 cm³/mol. The van der Waals surface area contributed by atoms with Gasteiger partial charge in [0.2, 0.25) is 0 Å². The van der Waals surface area contributed by atoms with Crippen LogP contribution in [0.15, 0.2) is 82.0 Å². The van der Waals surface area contributed by atoms with Gasteiger partial charge in [-0.3, -0.25) is 0 Å². The SMILES string of the molecule is O=c1oc2ccccc2c(O)c1C(c1ccccc1)c1ccc(Cl)c(Cl)c1. The molecule has 4 aromatic rings. The molecule has 0 aliphatic heterocycles. The Bertz CT molecular complexity index is 1180. The van der Waals surface area contributed by atoms with Crippen LogP contribution in [0.2, 0.25) is 10.0 Å². The van der Waals surface area contributed by atoms with Crippen molar-refractivity contribution < 1.29 is 9.52 Å². The summed E-state index contributed by atoms with van der Waals surface area (Å²) in [6.07, 6.45) is 0. The van der Waals surface area contributed by atoms with Crippen molar-refractivity contribution in [3.63, 3.8) is 0 Å². The number of rotatable bonds is 3. The Morgan fingerprint density at radius 1 is 0.815 bits per heavy atom. The molecule has 1 aromatic heterocycles. The minimum Gasteiger partial charge on any atom is -0.507 e. The monoisotopic (exact) mass is 396 g/mol. The third-order valence-corrected chi connectivity index (χ3v) is 5.26. The fourth-order valence-electron chi connectivity index (χ4n) is 3.27. The summed E-state index contributed by atoms with van der Waals surface area (Å²) >= 11 is 12.3. The Kier molecular flexibility index (Phi) is 4.65. The van der Waals surface area contributed by atoms with Crippen molar-refractivity contribution in [3.8, 4) is 5.75 Å². The van der Waals surface area contributed by atoms with Crippen LogP contribution < -0.4 is 5.63 Å². The minimum absolute atomic E-state index is 0.0956. The van der Waals surface area contributed by atoms with Crippen LogP contribution in [0.4, 0.5) is 0 Å². The van der Waals surface area contributed by atoms with Crippen molar-refractivity contribution in [2.75, 3.05) is 0 Å². The lowest BCUT2D eigenvalue weighted by atomic mass is 9.85. The molecule has 1 atom stereocenters. The lowest BCUT2D eigenvalue weighted by molar-refractivity contribution is 0.455. The lowest BCUT2D eigenvalue weighted by Gasteiger charge is -2.19. The second-order valence-electron chi connectivity index (χ2n) is 6.17. The highest BCUT2D eigenvalue weighted by atomic mass is 35.5. The highest BCUT2D eigenvalue weighted by Crippen LogP contribution is 2.39. The van der Waals surface area contributed by atoms with Crippen LogP contribution >= 0.6 is 23.2 Å². The average molecular weight is 397 g/mol. The van der Waals surface area contributed by atoms with E-state index < -0.39 is 11.5 Å². The summed E-state index contributed by atoms with van der Waals surface area (Å²) < 4.78 is 5.48. The van der Waals surface area contributed by atoms with Crippen LogP contribution in [-0.4, -0.2) is 5.11 Å². The van der Waals surface area contributed by atoms with Crippen molar-refractivity contribution in [2.24, 2.45) is 0 Å². The summed E-state index contributed by atoms with van der Waals surface area (Å²) in [5, 5.41) is 12.2. The molecule has 3 aromatic carbocycles. The van der Waals surface area contributed by atoms with Gasteiger partial charge in [-0.25, -0.2) is 4.79 Å². The predicted octanol–water partition coefficient (Wildman–Crippen LogP) is 5.99. The van der Waals surface area contributed by atoms with Crippen molar-refractivity contribution in [1.82, 2.24) is 0 Å². The van der Waals surface area contributed by atoms with Crippen LogP contribution in [0.5, 0.6) is 5.75 Å². The first-order chi connectivity index (χ1) is 13.1. The largest absolute Gasteiger partial charge is 0.507 e. The first kappa shape index (κ1) is 17.7. The first-order valence-corrected chi connectivity index (χ1v) is 9.06. The van der Waals surface area contributed by atoms with Gasteiger partial charge in [-0.05, 0) is 35.4 Å². The highest BCUT2D eigenvalue weighted by Gasteiger charge is 2.26. The molecule has 0 aliphatic rings. The molecular formula is C22H14Cl2O3. The molecule has 1 N–H and O–H groups in total. The van der Waals surface area contributed by atoms with E-state index in [1.807, 2.05) is 30.3 Å². The molecule has 5 heteroatoms. The Balaban J connectivity index is 2.04. The summed E-state index contributed by atoms with van der Waals surface area (Å²) in [6.45, 7) is 0. The molecular weight excluding hydrogens is 383 g/mol. The Morgan fingerprint density at radius 3 is 2.26 bits per heavy atom. The van der Waals surface area contributed by atoms with Crippen LogP contribution in [-0.2, 0) is 0 Å². The summed E-state index contributed by atoms with van der Waals surface area (Å²) in [6, 6.07) is 21.5. The number of hydrogen-bond acceptors (Lipinski definition) is 3. The fourth-order valence-corrected chi connectivity index (χ4v) is 3.57. The lowest BCUT2D eigenvalue weighted by Crippen LogP contribution is -2.15. The van der Waals surface area contributed by atoms with Gasteiger partial charge in [0.25, 0.3) is 0 Å². The van der Waals surface area contributed by atoms with E-state index in [1.54, 1.807) is 42.5 Å². The molecule has 0 bridgehead atoms. The molecule has 0 fully saturated rings. The Hall–Kier alpha value is -2.75. The van der Waals surface area contributed by atoms with E-state index in [2.05, 4.69) is 0 Å². The van der Waals surface area contributed by atoms with E-state index in [-0.39, 0.29) is 11.3 Å². The second kappa shape index (κ2) is 7.10. The Morgan fingerprint density at radius 2 is 1.52 bits per heavy atom. The molecule has 4 rings (SSSR count). The number of hydrogen-bond donors (Lipinski definition) is 1. The zero-order valence-corrected chi connectivity index (χ0v) is 15.5. The number of halogens is 2. The van der Waals surface area contributed by atoms with E-state index >= 15 is 0 Å². The maximum atomic E-state index is 12.8. The number of fused-ring (bicyclic) bond motifs is 1. The summed E-state index contributed by atoms with van der Waals surface area (Å²) in [5.41, 5.74) is 1.47. The smallest absolute Gasteiger partial charge is 0.344 e. The maximum absolute atomic E-state index is 12.8. The van der Waals surface area contributed by atoms with E-state index in [1.165, 1.54) is 0 Å². The van der Waals surface area contributed by atoms with Crippen LogP contribution in [0, 0.1) is 0 Å². The quantitative estimate of drug-likeness (QED) is 0.433. The van der Waals surface area contributed by atoms with Gasteiger partial charge in [0, 0.05) is 5.92 Å². The van der Waals surface area contributed by atoms with E-state index in [0.29, 0.717) is 21.0 Å². The van der Waals surface area contributed by atoms with Gasteiger partial charge in [0.15, 0.2) is 0 Å². The van der Waals surface area contributed by atoms with Crippen molar-refractivity contribution in [3.05, 3.63) is 110 Å². The molecule has 0 amide bonds. The highest BCUT2D eigenvalue weighted by molar-refractivity contribution is 6.42. The van der Waals surface area contributed by atoms with Gasteiger partial charge in [-0.2, -0.15) is 0 Å². The third kappa shape index (κ3) is 3.20. The summed E-state index contributed by atoms with van der Waals surface area (Å²) in [7, 11) is 0. The molecule has 1 unspecified atom stereocenters. The van der Waals surface area contributed by atoms with E-state index in [4.69, 9.17) is 27.6 Å². The number of para-hydroxylation sites is 1. The molecule has 134 valence electrons. The molecule has 3 nitrogen and oxygen atoms in total. The molecule has 27 heavy (non-hydrogen) atoms. The number of benzene rings is 3. The molecule has 0 spiro atoms. The van der Waals surface area contributed by atoms with Gasteiger partial charge in [0.1, 0.15) is 11.3 Å². The molecule has 0 radical (unpaired) electrons. The standard InChI is InChI=1S/C22H14Cl2O3/c23-16-11-10-14(12-17(16)24)19(13-6-2-1-3-7-13)20-21(25)15-8-4-5-9-18(15)27-22(20)26/h1-12,19,25H. The topological polar surface area (TPSA) is 50.4 Å². The van der Waals surface area contributed by atoms with Gasteiger partial charge >= 0.3 is 5.63 Å². The van der Waals surface area contributed by atoms with Gasteiger partial charge in [0.05, 0.1) is 21.0 Å². The summed E-state index contributed by atoms with van der Waals surface area (Å²) in [4.78, 5) is 12.8. The molecule has 0 saturated heterocycles. The molecule has 0 aliphatic carbocycles. The second-order valence-corrected chi connectivity index (χ2v) is 6.98. The van der Waals surface area contributed by atoms with Gasteiger partial charge in [-0.1, -0.05) is 71.7 Å². The van der Waals surface area contributed by atoms with E-state index in [9.17, 15) is 9.90 Å². The minimum atomic E-state index is -0.592. The molecule has 1 heterocycles. The average Bonchev–Trinajstić information content (AvgIpc) is 2.68. The van der Waals surface area contributed by atoms with E-state index in [0.717, 1.165) is 11.1 Å². The fraction of sp³-hybridized carbons (Fsp3) is 0.0455. The normalized spacial score (nSPS) is 12.2. The first-order valence-electron chi connectivity index (χ1n) is 8.31. The van der Waals surface area contributed by atoms with Crippen LogP contribution in [0.1, 0.15) is 22.6 Å². The zero-order valence-electron chi connectivity index (χ0n) is 14.0. The van der Waals surface area contributed by atoms with Gasteiger partial charge < -0.3 is 9.52 Å². The maximum Gasteiger partial charge on any atom is 0.344 e. The van der Waals surface area contributed by atoms with Crippen molar-refractivity contribution in [1.29, 1.82) is 0 Å². The van der Waals surface area contributed by atoms with Crippen LogP contribution in [0.25, 0.3) is 11.0 Å². The summed E-state index contributed by atoms with van der Waals surface area (Å²) in [5.74, 6) is -0.649. The molecule has 0 saturated carbocycles. The van der Waals surface area contributed by atoms with Crippen LogP contribution in [0.3, 0.4) is 0 Å². The Labute approximate surface area is 165 Å². The van der Waals surface area contributed by atoms with Gasteiger partial charge in [-0.15, -0.1) is 0 Å². The third-order valence-electron chi connectivity index (χ3n) is 4.52. The van der Waals surface area contributed by atoms with Crippen molar-refractivity contribution >= 4 is 34.2 Å².